The summed E-state index contributed by atoms with van der Waals surface area (Å²) < 4.78 is 46.3. The van der Waals surface area contributed by atoms with Crippen molar-refractivity contribution in [3.8, 4) is 0 Å². The minimum Gasteiger partial charge on any atom is -0.381 e. The van der Waals surface area contributed by atoms with Crippen LogP contribution in [0.1, 0.15) is 18.9 Å². The third kappa shape index (κ3) is 4.00. The predicted octanol–water partition coefficient (Wildman–Crippen LogP) is 1.25. The second kappa shape index (κ2) is 6.83. The second-order valence-electron chi connectivity index (χ2n) is 5.32. The van der Waals surface area contributed by atoms with Crippen molar-refractivity contribution in [1.82, 2.24) is 10.0 Å². The summed E-state index contributed by atoms with van der Waals surface area (Å²) in [6.45, 7) is 3.34. The maximum absolute atomic E-state index is 13.6. The Morgan fingerprint density at radius 3 is 2.86 bits per heavy atom. The topological polar surface area (TPSA) is 67.4 Å². The number of benzene rings is 1. The van der Waals surface area contributed by atoms with E-state index < -0.39 is 15.8 Å². The standard InChI is InChI=1S/C14H21FN2O3S/c1-10(11-5-6-20-9-11)17-21(18,19)13-3-4-14(15)12(7-13)8-16-2/h3-4,7,10-11,16-17H,5-6,8-9H2,1-2H3. The molecule has 1 fully saturated rings. The van der Waals surface area contributed by atoms with Crippen LogP contribution in [0.5, 0.6) is 0 Å². The Labute approximate surface area is 124 Å². The van der Waals surface area contributed by atoms with Crippen LogP contribution >= 0.6 is 0 Å². The molecule has 7 heteroatoms. The number of rotatable bonds is 6. The van der Waals surface area contributed by atoms with Crippen molar-refractivity contribution < 1.29 is 17.5 Å². The van der Waals surface area contributed by atoms with Crippen molar-refractivity contribution in [2.45, 2.75) is 30.8 Å². The number of halogens is 1. The quantitative estimate of drug-likeness (QED) is 0.829. The van der Waals surface area contributed by atoms with E-state index in [2.05, 4.69) is 10.0 Å². The molecule has 1 saturated heterocycles. The zero-order chi connectivity index (χ0) is 15.5. The number of ether oxygens (including phenoxy) is 1. The van der Waals surface area contributed by atoms with E-state index in [1.165, 1.54) is 18.2 Å². The molecule has 118 valence electrons. The lowest BCUT2D eigenvalue weighted by Gasteiger charge is -2.19. The van der Waals surface area contributed by atoms with Crippen LogP contribution in [0.2, 0.25) is 0 Å². The second-order valence-corrected chi connectivity index (χ2v) is 7.03. The smallest absolute Gasteiger partial charge is 0.240 e. The van der Waals surface area contributed by atoms with E-state index >= 15 is 0 Å². The Balaban J connectivity index is 2.16. The van der Waals surface area contributed by atoms with Gasteiger partial charge in [-0.25, -0.2) is 17.5 Å². The lowest BCUT2D eigenvalue weighted by molar-refractivity contribution is 0.180. The number of nitrogens with one attached hydrogen (secondary N) is 2. The molecule has 21 heavy (non-hydrogen) atoms. The van der Waals surface area contributed by atoms with Gasteiger partial charge in [-0.3, -0.25) is 0 Å². The summed E-state index contributed by atoms with van der Waals surface area (Å²) in [5, 5.41) is 2.82. The van der Waals surface area contributed by atoms with Crippen molar-refractivity contribution in [3.63, 3.8) is 0 Å². The van der Waals surface area contributed by atoms with Crippen molar-refractivity contribution in [2.24, 2.45) is 5.92 Å². The molecule has 1 aliphatic heterocycles. The average Bonchev–Trinajstić information content (AvgIpc) is 2.95. The van der Waals surface area contributed by atoms with Gasteiger partial charge in [0.15, 0.2) is 0 Å². The zero-order valence-electron chi connectivity index (χ0n) is 12.2. The summed E-state index contributed by atoms with van der Waals surface area (Å²) in [6, 6.07) is 3.63. The molecule has 2 unspecified atom stereocenters. The van der Waals surface area contributed by atoms with Crippen LogP contribution in [0, 0.1) is 11.7 Å². The van der Waals surface area contributed by atoms with E-state index in [1.54, 1.807) is 7.05 Å². The SMILES string of the molecule is CNCc1cc(S(=O)(=O)NC(C)C2CCOC2)ccc1F. The monoisotopic (exact) mass is 316 g/mol. The van der Waals surface area contributed by atoms with Gasteiger partial charge in [-0.2, -0.15) is 0 Å². The molecular formula is C14H21FN2O3S. The van der Waals surface area contributed by atoms with Crippen LogP contribution < -0.4 is 10.0 Å². The third-order valence-corrected chi connectivity index (χ3v) is 5.26. The summed E-state index contributed by atoms with van der Waals surface area (Å²) >= 11 is 0. The molecular weight excluding hydrogens is 295 g/mol. The predicted molar refractivity (Wildman–Crippen MR) is 77.9 cm³/mol. The van der Waals surface area contributed by atoms with Gasteiger partial charge in [0.2, 0.25) is 10.0 Å². The van der Waals surface area contributed by atoms with Gasteiger partial charge in [0, 0.05) is 30.7 Å². The summed E-state index contributed by atoms with van der Waals surface area (Å²) in [4.78, 5) is 0.0833. The van der Waals surface area contributed by atoms with Crippen LogP contribution in [0.15, 0.2) is 23.1 Å². The van der Waals surface area contributed by atoms with E-state index in [-0.39, 0.29) is 23.4 Å². The fourth-order valence-electron chi connectivity index (χ4n) is 2.40. The Morgan fingerprint density at radius 2 is 2.24 bits per heavy atom. The average molecular weight is 316 g/mol. The molecule has 5 nitrogen and oxygen atoms in total. The normalized spacial score (nSPS) is 20.6. The molecule has 0 amide bonds. The Kier molecular flexibility index (Phi) is 5.32. The lowest BCUT2D eigenvalue weighted by atomic mass is 10.0. The summed E-state index contributed by atoms with van der Waals surface area (Å²) in [5.74, 6) is -0.238. The maximum Gasteiger partial charge on any atom is 0.240 e. The van der Waals surface area contributed by atoms with Gasteiger partial charge in [0.25, 0.3) is 0 Å². The van der Waals surface area contributed by atoms with Crippen LogP contribution in [-0.2, 0) is 21.3 Å². The molecule has 1 aromatic rings. The summed E-state index contributed by atoms with van der Waals surface area (Å²) in [7, 11) is -1.97. The van der Waals surface area contributed by atoms with Gasteiger partial charge in [-0.1, -0.05) is 0 Å². The van der Waals surface area contributed by atoms with Gasteiger partial charge in [-0.05, 0) is 38.6 Å². The molecule has 1 aliphatic rings. The minimum atomic E-state index is -3.65. The molecule has 1 aromatic carbocycles. The Morgan fingerprint density at radius 1 is 1.48 bits per heavy atom. The largest absolute Gasteiger partial charge is 0.381 e. The van der Waals surface area contributed by atoms with Gasteiger partial charge < -0.3 is 10.1 Å². The van der Waals surface area contributed by atoms with Gasteiger partial charge in [-0.15, -0.1) is 0 Å². The highest BCUT2D eigenvalue weighted by Crippen LogP contribution is 2.20. The molecule has 0 aliphatic carbocycles. The summed E-state index contributed by atoms with van der Waals surface area (Å²) in [5.41, 5.74) is 0.331. The van der Waals surface area contributed by atoms with Gasteiger partial charge >= 0.3 is 0 Å². The van der Waals surface area contributed by atoms with Gasteiger partial charge in [0.1, 0.15) is 5.82 Å². The molecule has 2 N–H and O–H groups in total. The van der Waals surface area contributed by atoms with Crippen molar-refractivity contribution in [1.29, 1.82) is 0 Å². The van der Waals surface area contributed by atoms with Crippen molar-refractivity contribution in [2.75, 3.05) is 20.3 Å². The molecule has 0 saturated carbocycles. The minimum absolute atomic E-state index is 0.0833. The first-order valence-electron chi connectivity index (χ1n) is 6.97. The van der Waals surface area contributed by atoms with Crippen LogP contribution in [0.4, 0.5) is 4.39 Å². The first kappa shape index (κ1) is 16.4. The van der Waals surface area contributed by atoms with E-state index in [4.69, 9.17) is 4.74 Å². The fourth-order valence-corrected chi connectivity index (χ4v) is 3.76. The molecule has 0 bridgehead atoms. The Bertz CT molecular complexity index is 586. The van der Waals surface area contributed by atoms with Crippen LogP contribution in [-0.4, -0.2) is 34.7 Å². The van der Waals surface area contributed by atoms with E-state index in [0.29, 0.717) is 18.8 Å². The first-order valence-corrected chi connectivity index (χ1v) is 8.45. The van der Waals surface area contributed by atoms with E-state index in [9.17, 15) is 12.8 Å². The maximum atomic E-state index is 13.6. The zero-order valence-corrected chi connectivity index (χ0v) is 13.0. The van der Waals surface area contributed by atoms with Crippen molar-refractivity contribution in [3.05, 3.63) is 29.6 Å². The molecule has 0 spiro atoms. The third-order valence-electron chi connectivity index (χ3n) is 3.71. The fraction of sp³-hybridized carbons (Fsp3) is 0.571. The first-order chi connectivity index (χ1) is 9.94. The molecule has 0 aromatic heterocycles. The number of hydrogen-bond acceptors (Lipinski definition) is 4. The molecule has 0 radical (unpaired) electrons. The van der Waals surface area contributed by atoms with Crippen LogP contribution in [0.25, 0.3) is 0 Å². The van der Waals surface area contributed by atoms with E-state index in [0.717, 1.165) is 6.42 Å². The van der Waals surface area contributed by atoms with Gasteiger partial charge in [0.05, 0.1) is 11.5 Å². The Hall–Kier alpha value is -1.02. The highest BCUT2D eigenvalue weighted by molar-refractivity contribution is 7.89. The number of sulfonamides is 1. The molecule has 2 atom stereocenters. The highest BCUT2D eigenvalue weighted by atomic mass is 32.2. The van der Waals surface area contributed by atoms with Crippen LogP contribution in [0.3, 0.4) is 0 Å². The van der Waals surface area contributed by atoms with Crippen molar-refractivity contribution >= 4 is 10.0 Å². The molecule has 2 rings (SSSR count). The molecule has 1 heterocycles. The highest BCUT2D eigenvalue weighted by Gasteiger charge is 2.27. The van der Waals surface area contributed by atoms with E-state index in [1.807, 2.05) is 6.92 Å². The lowest BCUT2D eigenvalue weighted by Crippen LogP contribution is -2.38. The number of hydrogen-bond donors (Lipinski definition) is 2. The summed E-state index contributed by atoms with van der Waals surface area (Å²) in [6.07, 6.45) is 0.845.